The molecule has 83 heavy (non-hydrogen) atoms. The Morgan fingerprint density at radius 3 is 1.22 bits per heavy atom. The second-order valence-corrected chi connectivity index (χ2v) is 22.5. The minimum absolute atomic E-state index is 0.514. The van der Waals surface area contributed by atoms with Crippen molar-refractivity contribution in [3.63, 3.8) is 0 Å². The maximum Gasteiger partial charge on any atom is 0.199 e. The molecule has 14 heteroatoms. The van der Waals surface area contributed by atoms with Gasteiger partial charge in [-0.3, -0.25) is 13.7 Å². The van der Waals surface area contributed by atoms with Crippen LogP contribution >= 0.6 is 47.8 Å². The lowest BCUT2D eigenvalue weighted by atomic mass is 10.1. The van der Waals surface area contributed by atoms with E-state index in [1.807, 2.05) is 54.9 Å². The Kier molecular flexibility index (Phi) is 11.8. The van der Waals surface area contributed by atoms with Crippen LogP contribution in [0.1, 0.15) is 11.1 Å². The first-order chi connectivity index (χ1) is 40.9. The molecule has 0 fully saturated rings. The molecule has 0 atom stereocenters. The van der Waals surface area contributed by atoms with Gasteiger partial charge in [-0.1, -0.05) is 133 Å². The van der Waals surface area contributed by atoms with Crippen molar-refractivity contribution in [2.45, 2.75) is 6.42 Å². The highest BCUT2D eigenvalue weighted by molar-refractivity contribution is 9.11. The summed E-state index contributed by atoms with van der Waals surface area (Å²) >= 11 is 10.6. The molecule has 18 rings (SSSR count). The zero-order valence-corrected chi connectivity index (χ0v) is 48.5. The minimum Gasteiger partial charge on any atom is -0.293 e. The predicted molar refractivity (Wildman–Crippen MR) is 346 cm³/mol. The number of rotatable bonds is 3. The standard InChI is InChI=1S/C34H19BrN6.C22H11Br2N5.C13H10/c35-34-38-31-25(33(39-34)40-26-12-4-1-8-21(26)22-9-2-5-13-27(22)40)17-15-20-16-18-29(37-30(20)31)41-28-14-6-3-10-23(28)24-11-7-19-36-32(24)41;23-20-15-9-7-12-8-10-17(26-18(12)19(15)27-22(24)28-20)29-16-6-2-1-4-13(16)14-5-3-11-25-21(14)29;1-3-7-12-10(5-1)9-11-6-2-4-8-13(11)12/h1-19H;1-11H;1-8H,9H2. The highest BCUT2D eigenvalue weighted by atomic mass is 79.9. The lowest BCUT2D eigenvalue weighted by molar-refractivity contribution is 1.04. The topological polar surface area (TPSA) is 118 Å². The van der Waals surface area contributed by atoms with Gasteiger partial charge in [0.05, 0.1) is 33.1 Å². The number of pyridine rings is 4. The van der Waals surface area contributed by atoms with Gasteiger partial charge in [-0.2, -0.15) is 0 Å². The first-order valence-electron chi connectivity index (χ1n) is 27.0. The fourth-order valence-corrected chi connectivity index (χ4v) is 13.6. The summed E-state index contributed by atoms with van der Waals surface area (Å²) in [6, 6.07) is 75.6. The van der Waals surface area contributed by atoms with Gasteiger partial charge in [-0.25, -0.2) is 39.9 Å². The minimum atomic E-state index is 0.514. The Morgan fingerprint density at radius 1 is 0.301 bits per heavy atom. The highest BCUT2D eigenvalue weighted by Crippen LogP contribution is 2.39. The average Bonchev–Trinajstić information content (AvgIpc) is 3.19. The molecular formula is C69H40Br3N11. The molecular weight excluding hydrogens is 1220 g/mol. The molecule has 0 N–H and O–H groups in total. The van der Waals surface area contributed by atoms with E-state index in [-0.39, 0.29) is 0 Å². The Morgan fingerprint density at radius 2 is 0.699 bits per heavy atom. The van der Waals surface area contributed by atoms with Gasteiger partial charge >= 0.3 is 0 Å². The predicted octanol–water partition coefficient (Wildman–Crippen LogP) is 18.0. The van der Waals surface area contributed by atoms with Gasteiger partial charge in [0.1, 0.15) is 44.4 Å². The molecule has 0 aliphatic heterocycles. The third kappa shape index (κ3) is 8.11. The van der Waals surface area contributed by atoms with Crippen LogP contribution in [0.5, 0.6) is 0 Å². The maximum absolute atomic E-state index is 5.24. The molecule has 8 aromatic carbocycles. The molecule has 0 radical (unpaired) electrons. The Balaban J connectivity index is 0.000000116. The molecule has 0 bridgehead atoms. The van der Waals surface area contributed by atoms with Gasteiger partial charge in [0.15, 0.2) is 9.47 Å². The van der Waals surface area contributed by atoms with Gasteiger partial charge in [0, 0.05) is 66.3 Å². The molecule has 1 aliphatic carbocycles. The van der Waals surface area contributed by atoms with Crippen LogP contribution in [0, 0.1) is 0 Å². The number of para-hydroxylation sites is 4. The quantitative estimate of drug-likeness (QED) is 0.0975. The number of aromatic nitrogens is 11. The van der Waals surface area contributed by atoms with Crippen molar-refractivity contribution in [1.82, 2.24) is 53.6 Å². The van der Waals surface area contributed by atoms with Crippen LogP contribution in [0.3, 0.4) is 0 Å². The summed E-state index contributed by atoms with van der Waals surface area (Å²) in [5, 5.41) is 10.8. The lowest BCUT2D eigenvalue weighted by Crippen LogP contribution is -2.03. The van der Waals surface area contributed by atoms with Crippen LogP contribution in [0.4, 0.5) is 0 Å². The van der Waals surface area contributed by atoms with Gasteiger partial charge in [-0.15, -0.1) is 0 Å². The van der Waals surface area contributed by atoms with Gasteiger partial charge in [0.25, 0.3) is 0 Å². The van der Waals surface area contributed by atoms with E-state index in [0.717, 1.165) is 127 Å². The summed E-state index contributed by atoms with van der Waals surface area (Å²) in [5.74, 6) is 2.41. The molecule has 0 amide bonds. The number of hydrogen-bond acceptors (Lipinski definition) is 8. The summed E-state index contributed by atoms with van der Waals surface area (Å²) in [5.41, 5.74) is 15.1. The molecule has 0 spiro atoms. The Bertz CT molecular complexity index is 5310. The van der Waals surface area contributed by atoms with Crippen LogP contribution in [-0.4, -0.2) is 53.6 Å². The third-order valence-electron chi connectivity index (χ3n) is 15.7. The number of fused-ring (bicyclic) bond motifs is 18. The van der Waals surface area contributed by atoms with Crippen molar-refractivity contribution in [2.24, 2.45) is 0 Å². The molecule has 0 unspecified atom stereocenters. The van der Waals surface area contributed by atoms with E-state index in [0.29, 0.717) is 9.47 Å². The highest BCUT2D eigenvalue weighted by Gasteiger charge is 2.21. The number of benzene rings is 8. The van der Waals surface area contributed by atoms with E-state index in [1.54, 1.807) is 0 Å². The summed E-state index contributed by atoms with van der Waals surface area (Å²) in [4.78, 5) is 38.4. The summed E-state index contributed by atoms with van der Waals surface area (Å²) in [6.45, 7) is 0. The SMILES string of the molecule is Brc1nc(-n2c3ccccc3c3ccccc32)c2ccc3ccc(-n4c5ccccc5c5cccnc54)nc3c2n1.Brc1nc(Br)c2ccc3ccc(-n4c5ccccc5c5cccnc54)nc3c2n1.c1ccc2c(c1)Cc1ccccc1-2. The first kappa shape index (κ1) is 49.2. The average molecular weight is 1260 g/mol. The molecule has 392 valence electrons. The monoisotopic (exact) mass is 1260 g/mol. The van der Waals surface area contributed by atoms with Crippen molar-refractivity contribution in [2.75, 3.05) is 0 Å². The fourth-order valence-electron chi connectivity index (χ4n) is 12.1. The lowest BCUT2D eigenvalue weighted by Gasteiger charge is -2.13. The Hall–Kier alpha value is -9.60. The molecule has 0 saturated heterocycles. The number of halogens is 3. The third-order valence-corrected chi connectivity index (χ3v) is 17.0. The summed E-state index contributed by atoms with van der Waals surface area (Å²) in [7, 11) is 0. The van der Waals surface area contributed by atoms with Gasteiger partial charge in [-0.05, 0) is 161 Å². The smallest absolute Gasteiger partial charge is 0.199 e. The fraction of sp³-hybridized carbons (Fsp3) is 0.0145. The van der Waals surface area contributed by atoms with Crippen LogP contribution in [0.15, 0.2) is 245 Å². The van der Waals surface area contributed by atoms with Crippen molar-refractivity contribution >= 4 is 157 Å². The van der Waals surface area contributed by atoms with Gasteiger partial charge < -0.3 is 0 Å². The van der Waals surface area contributed by atoms with Crippen molar-refractivity contribution in [3.8, 4) is 28.6 Å². The second-order valence-electron chi connectivity index (χ2n) is 20.3. The van der Waals surface area contributed by atoms with Crippen molar-refractivity contribution < 1.29 is 0 Å². The molecule has 11 nitrogen and oxygen atoms in total. The zero-order chi connectivity index (χ0) is 55.3. The zero-order valence-electron chi connectivity index (χ0n) is 43.7. The first-order valence-corrected chi connectivity index (χ1v) is 29.3. The van der Waals surface area contributed by atoms with Crippen LogP contribution in [-0.2, 0) is 6.42 Å². The molecule has 1 aliphatic rings. The second kappa shape index (κ2) is 19.8. The van der Waals surface area contributed by atoms with Crippen LogP contribution in [0.25, 0.3) is 138 Å². The van der Waals surface area contributed by atoms with E-state index in [9.17, 15) is 0 Å². The normalized spacial score (nSPS) is 12.0. The molecule has 9 aromatic heterocycles. The van der Waals surface area contributed by atoms with E-state index in [1.165, 1.54) is 33.0 Å². The van der Waals surface area contributed by atoms with Crippen molar-refractivity contribution in [3.05, 3.63) is 256 Å². The largest absolute Gasteiger partial charge is 0.293 e. The van der Waals surface area contributed by atoms with Crippen molar-refractivity contribution in [1.29, 1.82) is 0 Å². The number of nitrogens with zero attached hydrogens (tertiary/aromatic N) is 11. The van der Waals surface area contributed by atoms with E-state index in [4.69, 9.17) is 24.9 Å². The summed E-state index contributed by atoms with van der Waals surface area (Å²) in [6.07, 6.45) is 4.75. The molecule has 9 heterocycles. The van der Waals surface area contributed by atoms with E-state index < -0.39 is 0 Å². The molecule has 0 saturated carbocycles. The van der Waals surface area contributed by atoms with Crippen LogP contribution < -0.4 is 0 Å². The molecule has 17 aromatic rings. The van der Waals surface area contributed by atoms with Crippen LogP contribution in [0.2, 0.25) is 0 Å². The summed E-state index contributed by atoms with van der Waals surface area (Å²) < 4.78 is 8.24. The number of hydrogen-bond donors (Lipinski definition) is 0. The van der Waals surface area contributed by atoms with E-state index in [2.05, 4.69) is 252 Å². The maximum atomic E-state index is 5.24. The Labute approximate surface area is 498 Å². The van der Waals surface area contributed by atoms with E-state index >= 15 is 0 Å². The van der Waals surface area contributed by atoms with Gasteiger partial charge in [0.2, 0.25) is 0 Å².